The molecular formula is C17H40O5Si4. The van der Waals surface area contributed by atoms with Gasteiger partial charge in [-0.15, -0.1) is 0 Å². The van der Waals surface area contributed by atoms with Crippen LogP contribution in [-0.4, -0.2) is 46.3 Å². The minimum Gasteiger partial charge on any atom is -0.462 e. The molecule has 154 valence electrons. The van der Waals surface area contributed by atoms with Crippen molar-refractivity contribution in [3.8, 4) is 0 Å². The van der Waals surface area contributed by atoms with E-state index in [1.165, 1.54) is 0 Å². The summed E-state index contributed by atoms with van der Waals surface area (Å²) in [6, 6.07) is 1.85. The standard InChI is InChI=1S/C17H40O5Si4/c1-12-24(7,8)21-25(9,10)22-26(11,20-23(4,5)6)15-13-14-19-17(18)16(2)3/h2,12-15H2,1,3-11H3. The van der Waals surface area contributed by atoms with E-state index in [1.807, 2.05) is 0 Å². The molecule has 0 aromatic heterocycles. The van der Waals surface area contributed by atoms with Crippen LogP contribution in [-0.2, 0) is 21.9 Å². The van der Waals surface area contributed by atoms with E-state index in [0.29, 0.717) is 12.2 Å². The SMILES string of the molecule is C=C(C)C(=O)OCCC[Si](C)(O[Si](C)(C)C)O[Si](C)(C)O[Si](C)(C)CC. The Morgan fingerprint density at radius 2 is 1.46 bits per heavy atom. The number of hydrogen-bond acceptors (Lipinski definition) is 5. The largest absolute Gasteiger partial charge is 0.462 e. The maximum Gasteiger partial charge on any atom is 0.333 e. The van der Waals surface area contributed by atoms with E-state index < -0.39 is 33.8 Å². The lowest BCUT2D eigenvalue weighted by atomic mass is 10.4. The van der Waals surface area contributed by atoms with Crippen LogP contribution >= 0.6 is 0 Å². The maximum atomic E-state index is 11.5. The average molecular weight is 437 g/mol. The first kappa shape index (κ1) is 26.0. The van der Waals surface area contributed by atoms with E-state index in [2.05, 4.69) is 65.9 Å². The summed E-state index contributed by atoms with van der Waals surface area (Å²) in [5.41, 5.74) is 0.424. The van der Waals surface area contributed by atoms with Crippen molar-refractivity contribution in [2.24, 2.45) is 0 Å². The predicted octanol–water partition coefficient (Wildman–Crippen LogP) is 5.38. The fourth-order valence-corrected chi connectivity index (χ4v) is 20.7. The van der Waals surface area contributed by atoms with Crippen LogP contribution in [0.3, 0.4) is 0 Å². The molecule has 0 radical (unpaired) electrons. The van der Waals surface area contributed by atoms with Crippen LogP contribution in [0.1, 0.15) is 20.3 Å². The van der Waals surface area contributed by atoms with Crippen LogP contribution in [0.4, 0.5) is 0 Å². The van der Waals surface area contributed by atoms with Gasteiger partial charge in [0.15, 0.2) is 16.6 Å². The molecule has 0 rings (SSSR count). The Hall–Kier alpha value is -0.0425. The highest BCUT2D eigenvalue weighted by atomic mass is 28.5. The number of hydrogen-bond donors (Lipinski definition) is 0. The number of ether oxygens (including phenoxy) is 1. The van der Waals surface area contributed by atoms with Gasteiger partial charge in [0.25, 0.3) is 0 Å². The van der Waals surface area contributed by atoms with Crippen LogP contribution in [0.25, 0.3) is 0 Å². The highest BCUT2D eigenvalue weighted by molar-refractivity contribution is 6.89. The molecule has 9 heteroatoms. The van der Waals surface area contributed by atoms with Crippen molar-refractivity contribution in [3.05, 3.63) is 12.2 Å². The lowest BCUT2D eigenvalue weighted by Crippen LogP contribution is -2.57. The van der Waals surface area contributed by atoms with Gasteiger partial charge in [-0.25, -0.2) is 4.79 Å². The molecule has 26 heavy (non-hydrogen) atoms. The van der Waals surface area contributed by atoms with Gasteiger partial charge in [0.1, 0.15) is 0 Å². The Morgan fingerprint density at radius 1 is 0.923 bits per heavy atom. The van der Waals surface area contributed by atoms with E-state index in [4.69, 9.17) is 17.1 Å². The van der Waals surface area contributed by atoms with Gasteiger partial charge >= 0.3 is 23.1 Å². The predicted molar refractivity (Wildman–Crippen MR) is 119 cm³/mol. The zero-order chi connectivity index (χ0) is 20.8. The summed E-state index contributed by atoms with van der Waals surface area (Å²) in [6.07, 6.45) is 0.727. The summed E-state index contributed by atoms with van der Waals surface area (Å²) in [5, 5.41) is 0. The molecule has 0 aliphatic heterocycles. The Labute approximate surface area is 165 Å². The lowest BCUT2D eigenvalue weighted by Gasteiger charge is -2.41. The van der Waals surface area contributed by atoms with Gasteiger partial charge in [0.2, 0.25) is 0 Å². The Balaban J connectivity index is 5.02. The quantitative estimate of drug-likeness (QED) is 0.178. The molecule has 0 fully saturated rings. The Morgan fingerprint density at radius 3 is 1.88 bits per heavy atom. The molecule has 0 bridgehead atoms. The molecule has 0 spiro atoms. The van der Waals surface area contributed by atoms with E-state index in [9.17, 15) is 4.79 Å². The van der Waals surface area contributed by atoms with Crippen LogP contribution in [0.5, 0.6) is 0 Å². The zero-order valence-corrected chi connectivity index (χ0v) is 22.6. The third kappa shape index (κ3) is 11.6. The first-order valence-corrected chi connectivity index (χ1v) is 21.3. The van der Waals surface area contributed by atoms with E-state index in [-0.39, 0.29) is 5.97 Å². The van der Waals surface area contributed by atoms with Gasteiger partial charge < -0.3 is 17.1 Å². The molecule has 0 N–H and O–H groups in total. The topological polar surface area (TPSA) is 54.0 Å². The van der Waals surface area contributed by atoms with Gasteiger partial charge in [0, 0.05) is 5.57 Å². The second-order valence-corrected chi connectivity index (χ2v) is 25.6. The van der Waals surface area contributed by atoms with Crippen molar-refractivity contribution in [1.82, 2.24) is 0 Å². The number of rotatable bonds is 12. The smallest absolute Gasteiger partial charge is 0.333 e. The first-order chi connectivity index (χ1) is 11.5. The monoisotopic (exact) mass is 436 g/mol. The molecule has 0 amide bonds. The minimum absolute atomic E-state index is 0.339. The molecule has 0 saturated heterocycles. The van der Waals surface area contributed by atoms with Crippen LogP contribution in [0.2, 0.25) is 64.5 Å². The normalized spacial score (nSPS) is 15.5. The van der Waals surface area contributed by atoms with Gasteiger partial charge in [-0.1, -0.05) is 13.5 Å². The molecule has 0 aliphatic rings. The highest BCUT2D eigenvalue weighted by Gasteiger charge is 2.44. The second-order valence-electron chi connectivity index (χ2n) is 9.09. The molecule has 0 saturated carbocycles. The molecular weight excluding hydrogens is 397 g/mol. The van der Waals surface area contributed by atoms with E-state index in [1.54, 1.807) is 6.92 Å². The third-order valence-corrected chi connectivity index (χ3v) is 18.7. The summed E-state index contributed by atoms with van der Waals surface area (Å²) in [4.78, 5) is 11.5. The lowest BCUT2D eigenvalue weighted by molar-refractivity contribution is -0.138. The van der Waals surface area contributed by atoms with Crippen molar-refractivity contribution in [1.29, 1.82) is 0 Å². The maximum absolute atomic E-state index is 11.5. The number of carbonyl (C=O) groups excluding carboxylic acids is 1. The molecule has 1 unspecified atom stereocenters. The second kappa shape index (κ2) is 9.94. The van der Waals surface area contributed by atoms with Crippen molar-refractivity contribution < 1.29 is 21.9 Å². The summed E-state index contributed by atoms with van der Waals surface area (Å²) >= 11 is 0. The minimum atomic E-state index is -2.43. The summed E-state index contributed by atoms with van der Waals surface area (Å²) in [7, 11) is -8.19. The molecule has 0 aromatic rings. The van der Waals surface area contributed by atoms with Crippen LogP contribution in [0.15, 0.2) is 12.2 Å². The zero-order valence-electron chi connectivity index (χ0n) is 18.6. The van der Waals surface area contributed by atoms with Gasteiger partial charge in [-0.05, 0) is 77.8 Å². The molecule has 0 aromatic carbocycles. The number of esters is 1. The number of carbonyl (C=O) groups is 1. The van der Waals surface area contributed by atoms with E-state index in [0.717, 1.165) is 18.5 Å². The molecule has 0 heterocycles. The average Bonchev–Trinajstić information content (AvgIpc) is 2.39. The highest BCUT2D eigenvalue weighted by Crippen LogP contribution is 2.28. The van der Waals surface area contributed by atoms with Crippen LogP contribution in [0, 0.1) is 0 Å². The molecule has 0 aliphatic carbocycles. The van der Waals surface area contributed by atoms with Crippen LogP contribution < -0.4 is 0 Å². The third-order valence-electron chi connectivity index (χ3n) is 3.71. The Bertz CT molecular complexity index is 488. The summed E-state index contributed by atoms with van der Waals surface area (Å²) in [6.45, 7) is 25.2. The molecule has 5 nitrogen and oxygen atoms in total. The van der Waals surface area contributed by atoms with Crippen molar-refractivity contribution in [3.63, 3.8) is 0 Å². The fourth-order valence-electron chi connectivity index (χ4n) is 2.73. The first-order valence-electron chi connectivity index (χ1n) is 9.44. The van der Waals surface area contributed by atoms with E-state index >= 15 is 0 Å². The fraction of sp³-hybridized carbons (Fsp3) is 0.824. The van der Waals surface area contributed by atoms with Crippen molar-refractivity contribution >= 4 is 39.7 Å². The van der Waals surface area contributed by atoms with Gasteiger partial charge in [-0.2, -0.15) is 0 Å². The van der Waals surface area contributed by atoms with Gasteiger partial charge in [-0.3, -0.25) is 0 Å². The van der Waals surface area contributed by atoms with Gasteiger partial charge in [0.05, 0.1) is 6.61 Å². The van der Waals surface area contributed by atoms with Crippen molar-refractivity contribution in [2.45, 2.75) is 84.7 Å². The summed E-state index contributed by atoms with van der Waals surface area (Å²) < 4.78 is 24.9. The molecule has 1 atom stereocenters. The summed E-state index contributed by atoms with van der Waals surface area (Å²) in [5.74, 6) is -0.339. The Kier molecular flexibility index (Phi) is 9.93. The van der Waals surface area contributed by atoms with Crippen molar-refractivity contribution in [2.75, 3.05) is 6.61 Å².